The van der Waals surface area contributed by atoms with Crippen molar-refractivity contribution in [3.05, 3.63) is 60.0 Å². The second-order valence-electron chi connectivity index (χ2n) is 8.67. The van der Waals surface area contributed by atoms with Gasteiger partial charge in [-0.25, -0.2) is 9.78 Å². The van der Waals surface area contributed by atoms with Crippen molar-refractivity contribution in [2.75, 3.05) is 51.0 Å². The first kappa shape index (κ1) is 24.1. The zero-order valence-corrected chi connectivity index (χ0v) is 20.8. The number of thiophene rings is 1. The summed E-state index contributed by atoms with van der Waals surface area (Å²) in [6.07, 6.45) is 0.684. The van der Waals surface area contributed by atoms with E-state index in [1.807, 2.05) is 24.3 Å². The Morgan fingerprint density at radius 1 is 1.00 bits per heavy atom. The summed E-state index contributed by atoms with van der Waals surface area (Å²) in [4.78, 5) is 19.9. The molecule has 5 rings (SSSR count). The first-order valence-electron chi connectivity index (χ1n) is 12.1. The van der Waals surface area contributed by atoms with Crippen LogP contribution in [0.25, 0.3) is 21.0 Å². The molecule has 0 aliphatic carbocycles. The van der Waals surface area contributed by atoms with E-state index in [-0.39, 0.29) is 0 Å². The molecule has 1 fully saturated rings. The summed E-state index contributed by atoms with van der Waals surface area (Å²) in [5, 5.41) is 13.0. The van der Waals surface area contributed by atoms with Crippen LogP contribution in [0, 0.1) is 0 Å². The molecule has 1 aliphatic rings. The minimum absolute atomic E-state index is 0.299. The first-order valence-corrected chi connectivity index (χ1v) is 13.0. The van der Waals surface area contributed by atoms with Crippen LogP contribution in [0.4, 0.5) is 10.5 Å². The molecule has 1 N–H and O–H groups in total. The molecule has 0 atom stereocenters. The van der Waals surface area contributed by atoms with Crippen LogP contribution in [0.1, 0.15) is 12.8 Å². The van der Waals surface area contributed by atoms with E-state index in [0.29, 0.717) is 12.5 Å². The van der Waals surface area contributed by atoms with Gasteiger partial charge in [-0.2, -0.15) is 0 Å². The van der Waals surface area contributed by atoms with Crippen molar-refractivity contribution in [2.24, 2.45) is 0 Å². The monoisotopic (exact) mass is 507 g/mol. The van der Waals surface area contributed by atoms with Gasteiger partial charge in [0.15, 0.2) is 0 Å². The van der Waals surface area contributed by atoms with Gasteiger partial charge in [0, 0.05) is 59.5 Å². The summed E-state index contributed by atoms with van der Waals surface area (Å²) in [6, 6.07) is 18.1. The summed E-state index contributed by atoms with van der Waals surface area (Å²) in [6.45, 7) is 5.61. The molecule has 36 heavy (non-hydrogen) atoms. The molecule has 1 aliphatic heterocycles. The van der Waals surface area contributed by atoms with Crippen molar-refractivity contribution in [3.8, 4) is 11.6 Å². The Kier molecular flexibility index (Phi) is 7.68. The highest BCUT2D eigenvalue weighted by molar-refractivity contribution is 7.17. The Labute approximate surface area is 213 Å². The van der Waals surface area contributed by atoms with E-state index in [9.17, 15) is 4.79 Å². The molecule has 0 bridgehead atoms. The summed E-state index contributed by atoms with van der Waals surface area (Å²) >= 11 is 1.80. The molecule has 4 aromatic rings. The fraction of sp³-hybridized carbons (Fsp3) is 0.333. The molecule has 2 aromatic carbocycles. The van der Waals surface area contributed by atoms with Gasteiger partial charge < -0.3 is 24.2 Å². The Morgan fingerprint density at radius 3 is 2.72 bits per heavy atom. The number of fused-ring (bicyclic) bond motifs is 2. The van der Waals surface area contributed by atoms with Gasteiger partial charge in [0.25, 0.3) is 0 Å². The molecule has 9 heteroatoms. The van der Waals surface area contributed by atoms with Crippen molar-refractivity contribution in [2.45, 2.75) is 12.8 Å². The summed E-state index contributed by atoms with van der Waals surface area (Å²) < 4.78 is 16.9. The molecule has 0 radical (unpaired) electrons. The summed E-state index contributed by atoms with van der Waals surface area (Å²) in [5.74, 6) is 1.05. The van der Waals surface area contributed by atoms with E-state index in [2.05, 4.69) is 49.2 Å². The van der Waals surface area contributed by atoms with E-state index in [4.69, 9.17) is 14.6 Å². The fourth-order valence-electron chi connectivity index (χ4n) is 4.48. The number of benzene rings is 2. The Balaban J connectivity index is 1.04. The van der Waals surface area contributed by atoms with Crippen molar-refractivity contribution < 1.29 is 24.1 Å². The number of aromatic nitrogens is 1. The number of nitrogens with zero attached hydrogens (tertiary/aromatic N) is 3. The molecule has 0 spiro atoms. The van der Waals surface area contributed by atoms with E-state index in [0.717, 1.165) is 62.2 Å². The van der Waals surface area contributed by atoms with Gasteiger partial charge in [0.1, 0.15) is 5.75 Å². The highest BCUT2D eigenvalue weighted by atomic mass is 32.1. The number of unbranched alkanes of at least 4 members (excludes halogenated alkanes) is 1. The maximum Gasteiger partial charge on any atom is 0.508 e. The number of rotatable bonds is 10. The summed E-state index contributed by atoms with van der Waals surface area (Å²) in [5.41, 5.74) is 2.08. The van der Waals surface area contributed by atoms with Crippen LogP contribution in [0.15, 0.2) is 60.0 Å². The number of pyridine rings is 1. The molecule has 0 saturated carbocycles. The average molecular weight is 508 g/mol. The lowest BCUT2D eigenvalue weighted by Gasteiger charge is -2.36. The van der Waals surface area contributed by atoms with Crippen molar-refractivity contribution >= 4 is 44.2 Å². The topological polar surface area (TPSA) is 84.4 Å². The largest absolute Gasteiger partial charge is 0.508 e. The minimum Gasteiger partial charge on any atom is -0.494 e. The number of hydrogen-bond acceptors (Lipinski definition) is 8. The highest BCUT2D eigenvalue weighted by Crippen LogP contribution is 2.31. The van der Waals surface area contributed by atoms with E-state index in [1.165, 1.54) is 15.8 Å². The molecule has 0 unspecified atom stereocenters. The van der Waals surface area contributed by atoms with Gasteiger partial charge in [-0.05, 0) is 61.2 Å². The van der Waals surface area contributed by atoms with Crippen LogP contribution in [0.2, 0.25) is 0 Å². The van der Waals surface area contributed by atoms with Crippen molar-refractivity contribution in [1.29, 1.82) is 0 Å². The van der Waals surface area contributed by atoms with Crippen molar-refractivity contribution in [3.63, 3.8) is 0 Å². The summed E-state index contributed by atoms with van der Waals surface area (Å²) in [7, 11) is 0. The molecule has 3 heterocycles. The van der Waals surface area contributed by atoms with Gasteiger partial charge in [-0.1, -0.05) is 6.07 Å². The number of carbonyl (C=O) groups is 1. The number of anilines is 1. The standard InChI is InChI=1S/C27H29N3O5S/c31-27(32)35-19-34-26-9-7-20-6-8-21(18-23(20)28-26)33-16-2-1-11-29-12-14-30(15-13-29)24-4-3-5-25-22(24)10-17-36-25/h3-10,17-18H,1-2,11-16,19H2,(H,31,32). The smallest absolute Gasteiger partial charge is 0.494 e. The van der Waals surface area contributed by atoms with Gasteiger partial charge in [0.05, 0.1) is 12.1 Å². The van der Waals surface area contributed by atoms with Crippen molar-refractivity contribution in [1.82, 2.24) is 9.88 Å². The second kappa shape index (κ2) is 11.5. The maximum absolute atomic E-state index is 10.4. The quantitative estimate of drug-likeness (QED) is 0.172. The highest BCUT2D eigenvalue weighted by Gasteiger charge is 2.18. The van der Waals surface area contributed by atoms with E-state index in [1.54, 1.807) is 17.4 Å². The molecule has 0 amide bonds. The molecule has 2 aromatic heterocycles. The third-order valence-corrected chi connectivity index (χ3v) is 7.23. The van der Waals surface area contributed by atoms with Crippen LogP contribution in [0.5, 0.6) is 11.6 Å². The van der Waals surface area contributed by atoms with Gasteiger partial charge in [-0.3, -0.25) is 4.90 Å². The molecule has 188 valence electrons. The second-order valence-corrected chi connectivity index (χ2v) is 9.62. The normalized spacial score (nSPS) is 14.3. The number of carboxylic acid groups (broad SMARTS) is 1. The predicted molar refractivity (Wildman–Crippen MR) is 142 cm³/mol. The maximum atomic E-state index is 10.4. The zero-order valence-electron chi connectivity index (χ0n) is 20.0. The van der Waals surface area contributed by atoms with Crippen LogP contribution in [0.3, 0.4) is 0 Å². The third kappa shape index (κ3) is 5.98. The Morgan fingerprint density at radius 2 is 1.86 bits per heavy atom. The fourth-order valence-corrected chi connectivity index (χ4v) is 5.29. The molecular weight excluding hydrogens is 478 g/mol. The SMILES string of the molecule is O=C(O)OCOc1ccc2ccc(OCCCCN3CCN(c4cccc5sccc45)CC3)cc2n1. The zero-order chi connectivity index (χ0) is 24.7. The van der Waals surface area contributed by atoms with E-state index >= 15 is 0 Å². The van der Waals surface area contributed by atoms with Crippen LogP contribution < -0.4 is 14.4 Å². The lowest BCUT2D eigenvalue weighted by Crippen LogP contribution is -2.46. The van der Waals surface area contributed by atoms with Gasteiger partial charge in [-0.15, -0.1) is 11.3 Å². The molecule has 1 saturated heterocycles. The van der Waals surface area contributed by atoms with Gasteiger partial charge >= 0.3 is 6.16 Å². The lowest BCUT2D eigenvalue weighted by atomic mass is 10.2. The van der Waals surface area contributed by atoms with Gasteiger partial charge in [0.2, 0.25) is 12.7 Å². The predicted octanol–water partition coefficient (Wildman–Crippen LogP) is 5.46. The van der Waals surface area contributed by atoms with Crippen LogP contribution in [-0.2, 0) is 4.74 Å². The Bertz CT molecular complexity index is 1320. The first-order chi connectivity index (χ1) is 17.7. The number of piperazine rings is 1. The van der Waals surface area contributed by atoms with Crippen LogP contribution >= 0.6 is 11.3 Å². The third-order valence-electron chi connectivity index (χ3n) is 6.35. The minimum atomic E-state index is -1.39. The average Bonchev–Trinajstić information content (AvgIpc) is 3.38. The lowest BCUT2D eigenvalue weighted by molar-refractivity contribution is 0.0242. The molecule has 8 nitrogen and oxygen atoms in total. The number of hydrogen-bond donors (Lipinski definition) is 1. The van der Waals surface area contributed by atoms with E-state index < -0.39 is 12.9 Å². The number of ether oxygens (including phenoxy) is 3. The van der Waals surface area contributed by atoms with Crippen LogP contribution in [-0.4, -0.2) is 67.3 Å². The Hall–Kier alpha value is -3.56. The molecular formula is C27H29N3O5S.